The van der Waals surface area contributed by atoms with Crippen molar-refractivity contribution in [3.63, 3.8) is 0 Å². The summed E-state index contributed by atoms with van der Waals surface area (Å²) in [5.74, 6) is -0.0917. The van der Waals surface area contributed by atoms with Crippen LogP contribution in [-0.2, 0) is 4.74 Å². The predicted octanol–water partition coefficient (Wildman–Crippen LogP) is 2.68. The largest absolute Gasteiger partial charge is 0.395 e. The number of halogens is 1. The van der Waals surface area contributed by atoms with Crippen LogP contribution >= 0.6 is 15.9 Å². The van der Waals surface area contributed by atoms with Crippen LogP contribution < -0.4 is 0 Å². The van der Waals surface area contributed by atoms with Crippen LogP contribution in [0.2, 0.25) is 0 Å². The molecule has 112 valence electrons. The number of ether oxygens (including phenoxy) is 1. The van der Waals surface area contributed by atoms with E-state index in [-0.39, 0.29) is 12.5 Å². The van der Waals surface area contributed by atoms with Crippen LogP contribution in [0.15, 0.2) is 40.9 Å². The Morgan fingerprint density at radius 1 is 1.19 bits per heavy atom. The van der Waals surface area contributed by atoms with Gasteiger partial charge in [0.05, 0.1) is 13.2 Å². The molecule has 21 heavy (non-hydrogen) atoms. The van der Waals surface area contributed by atoms with Gasteiger partial charge in [-0.15, -0.1) is 0 Å². The maximum Gasteiger partial charge on any atom is 0.254 e. The number of benzene rings is 2. The van der Waals surface area contributed by atoms with Crippen molar-refractivity contribution in [3.8, 4) is 0 Å². The lowest BCUT2D eigenvalue weighted by atomic mass is 10.1. The third-order valence-corrected chi connectivity index (χ3v) is 3.76. The Morgan fingerprint density at radius 2 is 1.90 bits per heavy atom. The summed E-state index contributed by atoms with van der Waals surface area (Å²) in [5.41, 5.74) is 0.620. The van der Waals surface area contributed by atoms with Gasteiger partial charge >= 0.3 is 0 Å². The van der Waals surface area contributed by atoms with Crippen LogP contribution in [0.5, 0.6) is 0 Å². The summed E-state index contributed by atoms with van der Waals surface area (Å²) in [6, 6.07) is 11.6. The van der Waals surface area contributed by atoms with Crippen LogP contribution in [0, 0.1) is 0 Å². The zero-order valence-corrected chi connectivity index (χ0v) is 13.5. The van der Waals surface area contributed by atoms with Gasteiger partial charge in [0.2, 0.25) is 0 Å². The van der Waals surface area contributed by atoms with E-state index in [2.05, 4.69) is 15.9 Å². The number of aliphatic hydroxyl groups is 1. The van der Waals surface area contributed by atoms with Crippen LogP contribution in [0.4, 0.5) is 0 Å². The van der Waals surface area contributed by atoms with Crippen LogP contribution in [0.3, 0.4) is 0 Å². The van der Waals surface area contributed by atoms with E-state index in [9.17, 15) is 4.79 Å². The highest BCUT2D eigenvalue weighted by Crippen LogP contribution is 2.21. The highest BCUT2D eigenvalue weighted by molar-refractivity contribution is 9.10. The van der Waals surface area contributed by atoms with E-state index >= 15 is 0 Å². The van der Waals surface area contributed by atoms with E-state index in [0.717, 1.165) is 15.2 Å². The molecular weight excluding hydrogens is 334 g/mol. The van der Waals surface area contributed by atoms with Gasteiger partial charge in [0.15, 0.2) is 0 Å². The lowest BCUT2D eigenvalue weighted by Crippen LogP contribution is -2.36. The van der Waals surface area contributed by atoms with Crippen molar-refractivity contribution in [1.82, 2.24) is 4.90 Å². The van der Waals surface area contributed by atoms with Crippen molar-refractivity contribution in [3.05, 3.63) is 46.4 Å². The van der Waals surface area contributed by atoms with Gasteiger partial charge in [-0.25, -0.2) is 0 Å². The average molecular weight is 352 g/mol. The summed E-state index contributed by atoms with van der Waals surface area (Å²) in [4.78, 5) is 14.1. The van der Waals surface area contributed by atoms with Gasteiger partial charge < -0.3 is 14.7 Å². The fourth-order valence-electron chi connectivity index (χ4n) is 2.17. The smallest absolute Gasteiger partial charge is 0.254 e. The lowest BCUT2D eigenvalue weighted by molar-refractivity contribution is 0.0656. The second-order valence-electron chi connectivity index (χ2n) is 4.71. The highest BCUT2D eigenvalue weighted by atomic mass is 79.9. The fraction of sp³-hybridized carbons (Fsp3) is 0.312. The van der Waals surface area contributed by atoms with Crippen molar-refractivity contribution in [2.45, 2.75) is 0 Å². The molecule has 0 bridgehead atoms. The first-order valence-electron chi connectivity index (χ1n) is 6.74. The molecule has 0 unspecified atom stereocenters. The second-order valence-corrected chi connectivity index (χ2v) is 5.63. The summed E-state index contributed by atoms with van der Waals surface area (Å²) in [6.45, 7) is 1.16. The number of amides is 1. The quantitative estimate of drug-likeness (QED) is 0.870. The molecule has 0 aliphatic rings. The van der Waals surface area contributed by atoms with Gasteiger partial charge in [0.25, 0.3) is 5.91 Å². The number of rotatable bonds is 6. The fourth-order valence-corrected chi connectivity index (χ4v) is 2.55. The summed E-state index contributed by atoms with van der Waals surface area (Å²) >= 11 is 3.44. The zero-order valence-electron chi connectivity index (χ0n) is 11.9. The molecule has 0 aromatic heterocycles. The van der Waals surface area contributed by atoms with Gasteiger partial charge in [0, 0.05) is 30.2 Å². The number of aliphatic hydroxyl groups excluding tert-OH is 1. The van der Waals surface area contributed by atoms with E-state index in [1.807, 2.05) is 36.4 Å². The topological polar surface area (TPSA) is 49.8 Å². The summed E-state index contributed by atoms with van der Waals surface area (Å²) in [5, 5.41) is 11.2. The molecule has 0 saturated heterocycles. The summed E-state index contributed by atoms with van der Waals surface area (Å²) in [7, 11) is 1.59. The maximum absolute atomic E-state index is 12.5. The highest BCUT2D eigenvalue weighted by Gasteiger charge is 2.15. The molecule has 4 nitrogen and oxygen atoms in total. The first-order chi connectivity index (χ1) is 10.2. The van der Waals surface area contributed by atoms with Gasteiger partial charge in [-0.2, -0.15) is 0 Å². The molecule has 2 aromatic carbocycles. The number of methoxy groups -OCH3 is 1. The molecule has 0 fully saturated rings. The molecule has 2 aromatic rings. The van der Waals surface area contributed by atoms with E-state index in [4.69, 9.17) is 9.84 Å². The standard InChI is InChI=1S/C16H18BrNO3/c1-21-9-7-18(6-8-19)16(20)14-3-2-13-11-15(17)5-4-12(13)10-14/h2-5,10-11,19H,6-9H2,1H3. The van der Waals surface area contributed by atoms with Crippen molar-refractivity contribution in [2.24, 2.45) is 0 Å². The van der Waals surface area contributed by atoms with Gasteiger partial charge in [0.1, 0.15) is 0 Å². The zero-order chi connectivity index (χ0) is 15.2. The third kappa shape index (κ3) is 4.03. The van der Waals surface area contributed by atoms with Crippen molar-refractivity contribution >= 4 is 32.6 Å². The molecular formula is C16H18BrNO3. The maximum atomic E-state index is 12.5. The lowest BCUT2D eigenvalue weighted by Gasteiger charge is -2.21. The molecule has 0 atom stereocenters. The van der Waals surface area contributed by atoms with Gasteiger partial charge in [-0.05, 0) is 35.0 Å². The molecule has 0 aliphatic heterocycles. The van der Waals surface area contributed by atoms with Crippen LogP contribution in [0.1, 0.15) is 10.4 Å². The van der Waals surface area contributed by atoms with E-state index in [1.165, 1.54) is 0 Å². The Kier molecular flexibility index (Phi) is 5.73. The van der Waals surface area contributed by atoms with Crippen molar-refractivity contribution < 1.29 is 14.6 Å². The Hall–Kier alpha value is -1.43. The Balaban J connectivity index is 2.26. The monoisotopic (exact) mass is 351 g/mol. The first-order valence-corrected chi connectivity index (χ1v) is 7.53. The Bertz CT molecular complexity index is 630. The van der Waals surface area contributed by atoms with E-state index < -0.39 is 0 Å². The molecule has 0 heterocycles. The number of hydrogen-bond donors (Lipinski definition) is 1. The minimum absolute atomic E-state index is 0.0595. The third-order valence-electron chi connectivity index (χ3n) is 3.27. The Labute approximate surface area is 132 Å². The second kappa shape index (κ2) is 7.54. The number of hydrogen-bond acceptors (Lipinski definition) is 3. The van der Waals surface area contributed by atoms with E-state index in [1.54, 1.807) is 12.0 Å². The molecule has 0 saturated carbocycles. The number of carbonyl (C=O) groups excluding carboxylic acids is 1. The van der Waals surface area contributed by atoms with Crippen LogP contribution in [0.25, 0.3) is 10.8 Å². The molecule has 2 rings (SSSR count). The first kappa shape index (κ1) is 15.9. The molecule has 0 radical (unpaired) electrons. The number of fused-ring (bicyclic) bond motifs is 1. The van der Waals surface area contributed by atoms with Gasteiger partial charge in [-0.3, -0.25) is 4.79 Å². The average Bonchev–Trinajstić information content (AvgIpc) is 2.50. The van der Waals surface area contributed by atoms with Crippen molar-refractivity contribution in [1.29, 1.82) is 0 Å². The van der Waals surface area contributed by atoms with E-state index in [0.29, 0.717) is 25.3 Å². The normalized spacial score (nSPS) is 10.8. The summed E-state index contributed by atoms with van der Waals surface area (Å²) < 4.78 is 6.02. The predicted molar refractivity (Wildman–Crippen MR) is 86.5 cm³/mol. The minimum atomic E-state index is -0.0917. The molecule has 0 spiro atoms. The minimum Gasteiger partial charge on any atom is -0.395 e. The molecule has 5 heteroatoms. The Morgan fingerprint density at radius 3 is 2.62 bits per heavy atom. The summed E-state index contributed by atoms with van der Waals surface area (Å²) in [6.07, 6.45) is 0. The molecule has 1 amide bonds. The van der Waals surface area contributed by atoms with Gasteiger partial charge in [-0.1, -0.05) is 28.1 Å². The van der Waals surface area contributed by atoms with Crippen molar-refractivity contribution in [2.75, 3.05) is 33.4 Å². The number of nitrogens with zero attached hydrogens (tertiary/aromatic N) is 1. The number of carbonyl (C=O) groups is 1. The van der Waals surface area contributed by atoms with Crippen LogP contribution in [-0.4, -0.2) is 49.3 Å². The SMILES string of the molecule is COCCN(CCO)C(=O)c1ccc2cc(Br)ccc2c1. The molecule has 0 aliphatic carbocycles. The molecule has 1 N–H and O–H groups in total.